The van der Waals surface area contributed by atoms with E-state index >= 15 is 0 Å². The average molecular weight is 292 g/mol. The van der Waals surface area contributed by atoms with Crippen LogP contribution in [-0.4, -0.2) is 19.3 Å². The van der Waals surface area contributed by atoms with Gasteiger partial charge in [-0.2, -0.15) is 10.4 Å². The summed E-state index contributed by atoms with van der Waals surface area (Å²) < 4.78 is 0. The summed E-state index contributed by atoms with van der Waals surface area (Å²) in [7, 11) is 0. The van der Waals surface area contributed by atoms with Gasteiger partial charge in [0.1, 0.15) is 0 Å². The fourth-order valence-electron chi connectivity index (χ4n) is 2.16. The van der Waals surface area contributed by atoms with E-state index in [0.29, 0.717) is 5.56 Å². The number of benzene rings is 2. The molecular weight excluding hydrogens is 272 g/mol. The summed E-state index contributed by atoms with van der Waals surface area (Å²) in [6, 6.07) is 17.6. The molecule has 0 saturated heterocycles. The van der Waals surface area contributed by atoms with E-state index in [4.69, 9.17) is 5.26 Å². The zero-order chi connectivity index (χ0) is 15.8. The van der Waals surface area contributed by atoms with Crippen molar-refractivity contribution in [3.05, 3.63) is 59.7 Å². The lowest BCUT2D eigenvalue weighted by Crippen LogP contribution is -2.21. The molecule has 0 heterocycles. The molecule has 4 heteroatoms. The molecule has 112 valence electrons. The summed E-state index contributed by atoms with van der Waals surface area (Å²) in [4.78, 5) is 2.30. The Morgan fingerprint density at radius 2 is 1.68 bits per heavy atom. The van der Waals surface area contributed by atoms with Crippen LogP contribution in [0.2, 0.25) is 0 Å². The number of hydrazone groups is 1. The van der Waals surface area contributed by atoms with Crippen LogP contribution >= 0.6 is 0 Å². The van der Waals surface area contributed by atoms with E-state index in [1.807, 2.05) is 12.1 Å². The molecule has 22 heavy (non-hydrogen) atoms. The van der Waals surface area contributed by atoms with Gasteiger partial charge in [0.05, 0.1) is 23.5 Å². The van der Waals surface area contributed by atoms with Crippen molar-refractivity contribution in [3.63, 3.8) is 0 Å². The molecule has 2 rings (SSSR count). The molecule has 0 unspecified atom stereocenters. The number of hydrogen-bond donors (Lipinski definition) is 1. The molecule has 0 spiro atoms. The van der Waals surface area contributed by atoms with Gasteiger partial charge in [-0.1, -0.05) is 12.1 Å². The lowest BCUT2D eigenvalue weighted by Gasteiger charge is -2.20. The van der Waals surface area contributed by atoms with Crippen LogP contribution in [0.3, 0.4) is 0 Å². The molecule has 0 aromatic heterocycles. The summed E-state index contributed by atoms with van der Waals surface area (Å²) in [5.41, 5.74) is 6.71. The van der Waals surface area contributed by atoms with Gasteiger partial charge < -0.3 is 4.90 Å². The van der Waals surface area contributed by atoms with Crippen molar-refractivity contribution >= 4 is 17.6 Å². The first-order valence-electron chi connectivity index (χ1n) is 7.41. The van der Waals surface area contributed by atoms with E-state index in [-0.39, 0.29) is 0 Å². The number of nitrogens with one attached hydrogen (secondary N) is 1. The summed E-state index contributed by atoms with van der Waals surface area (Å²) in [6.45, 7) is 6.31. The van der Waals surface area contributed by atoms with E-state index in [1.54, 1.807) is 18.3 Å². The molecule has 1 N–H and O–H groups in total. The Morgan fingerprint density at radius 1 is 1.05 bits per heavy atom. The number of hydrogen-bond acceptors (Lipinski definition) is 4. The highest BCUT2D eigenvalue weighted by molar-refractivity contribution is 5.81. The molecule has 0 saturated carbocycles. The second-order valence-corrected chi connectivity index (χ2v) is 4.82. The third kappa shape index (κ3) is 4.10. The number of nitrogens with zero attached hydrogens (tertiary/aromatic N) is 3. The highest BCUT2D eigenvalue weighted by atomic mass is 15.3. The summed E-state index contributed by atoms with van der Waals surface area (Å²) in [5, 5.41) is 13.0. The summed E-state index contributed by atoms with van der Waals surface area (Å²) >= 11 is 0. The predicted octanol–water partition coefficient (Wildman–Crippen LogP) is 3.85. The van der Waals surface area contributed by atoms with Crippen LogP contribution in [0.1, 0.15) is 25.0 Å². The second kappa shape index (κ2) is 7.84. The van der Waals surface area contributed by atoms with Gasteiger partial charge in [-0.15, -0.1) is 0 Å². The average Bonchev–Trinajstić information content (AvgIpc) is 2.58. The van der Waals surface area contributed by atoms with Gasteiger partial charge in [-0.25, -0.2) is 0 Å². The van der Waals surface area contributed by atoms with Crippen molar-refractivity contribution in [1.29, 1.82) is 5.26 Å². The lowest BCUT2D eigenvalue weighted by molar-refractivity contribution is 0.866. The molecule has 0 bridgehead atoms. The minimum Gasteiger partial charge on any atom is -0.372 e. The molecular formula is C18H20N4. The van der Waals surface area contributed by atoms with E-state index in [0.717, 1.165) is 24.3 Å². The zero-order valence-electron chi connectivity index (χ0n) is 13.0. The van der Waals surface area contributed by atoms with Gasteiger partial charge in [-0.05, 0) is 55.8 Å². The number of nitriles is 1. The Labute approximate surface area is 131 Å². The minimum atomic E-state index is 0.640. The van der Waals surface area contributed by atoms with Crippen LogP contribution in [-0.2, 0) is 0 Å². The Balaban J connectivity index is 1.96. The van der Waals surface area contributed by atoms with Crippen molar-refractivity contribution in [2.24, 2.45) is 5.10 Å². The predicted molar refractivity (Wildman–Crippen MR) is 92.4 cm³/mol. The smallest absolute Gasteiger partial charge is 0.0991 e. The third-order valence-electron chi connectivity index (χ3n) is 3.44. The van der Waals surface area contributed by atoms with E-state index in [2.05, 4.69) is 59.6 Å². The third-order valence-corrected chi connectivity index (χ3v) is 3.44. The quantitative estimate of drug-likeness (QED) is 0.650. The monoisotopic (exact) mass is 292 g/mol. The van der Waals surface area contributed by atoms with Gasteiger partial charge in [0.2, 0.25) is 0 Å². The highest BCUT2D eigenvalue weighted by Crippen LogP contribution is 2.14. The maximum atomic E-state index is 8.75. The van der Waals surface area contributed by atoms with Crippen molar-refractivity contribution < 1.29 is 0 Å². The van der Waals surface area contributed by atoms with Crippen molar-refractivity contribution in [1.82, 2.24) is 0 Å². The lowest BCUT2D eigenvalue weighted by atomic mass is 10.2. The molecule has 4 nitrogen and oxygen atoms in total. The molecule has 0 aliphatic rings. The Kier molecular flexibility index (Phi) is 5.56. The largest absolute Gasteiger partial charge is 0.372 e. The molecule has 0 aliphatic carbocycles. The number of rotatable bonds is 6. The molecule has 0 amide bonds. The Bertz CT molecular complexity index is 647. The van der Waals surface area contributed by atoms with Crippen LogP contribution in [0, 0.1) is 11.3 Å². The van der Waals surface area contributed by atoms with Gasteiger partial charge in [0, 0.05) is 18.8 Å². The van der Waals surface area contributed by atoms with E-state index in [1.165, 1.54) is 5.69 Å². The normalized spacial score (nSPS) is 10.4. The van der Waals surface area contributed by atoms with E-state index < -0.39 is 0 Å². The molecule has 0 radical (unpaired) electrons. The summed E-state index contributed by atoms with van der Waals surface area (Å²) in [6.07, 6.45) is 1.78. The molecule has 0 atom stereocenters. The molecule has 2 aromatic rings. The fourth-order valence-corrected chi connectivity index (χ4v) is 2.16. The fraction of sp³-hybridized carbons (Fsp3) is 0.222. The Morgan fingerprint density at radius 3 is 2.23 bits per heavy atom. The van der Waals surface area contributed by atoms with Crippen LogP contribution < -0.4 is 10.3 Å². The molecule has 0 aliphatic heterocycles. The van der Waals surface area contributed by atoms with Crippen LogP contribution in [0.25, 0.3) is 0 Å². The van der Waals surface area contributed by atoms with Gasteiger partial charge in [0.15, 0.2) is 0 Å². The maximum absolute atomic E-state index is 8.75. The Hall–Kier alpha value is -2.80. The first-order valence-corrected chi connectivity index (χ1v) is 7.41. The molecule has 0 fully saturated rings. The summed E-state index contributed by atoms with van der Waals surface area (Å²) in [5.74, 6) is 0. The van der Waals surface area contributed by atoms with Crippen LogP contribution in [0.4, 0.5) is 11.4 Å². The van der Waals surface area contributed by atoms with Crippen LogP contribution in [0.15, 0.2) is 53.6 Å². The van der Waals surface area contributed by atoms with Gasteiger partial charge in [0.25, 0.3) is 0 Å². The van der Waals surface area contributed by atoms with Crippen molar-refractivity contribution in [2.75, 3.05) is 23.4 Å². The van der Waals surface area contributed by atoms with Gasteiger partial charge in [-0.3, -0.25) is 5.43 Å². The topological polar surface area (TPSA) is 51.4 Å². The highest BCUT2D eigenvalue weighted by Gasteiger charge is 2.00. The van der Waals surface area contributed by atoms with Crippen LogP contribution in [0.5, 0.6) is 0 Å². The first kappa shape index (κ1) is 15.6. The first-order chi connectivity index (χ1) is 10.8. The van der Waals surface area contributed by atoms with Gasteiger partial charge >= 0.3 is 0 Å². The maximum Gasteiger partial charge on any atom is 0.0991 e. The van der Waals surface area contributed by atoms with E-state index in [9.17, 15) is 0 Å². The SMILES string of the molecule is CCN(CC)c1ccc(C=NNc2ccc(C#N)cc2)cc1. The number of anilines is 2. The second-order valence-electron chi connectivity index (χ2n) is 4.82. The zero-order valence-corrected chi connectivity index (χ0v) is 13.0. The standard InChI is InChI=1S/C18H20N4/c1-3-22(4-2)18-11-7-16(8-12-18)14-20-21-17-9-5-15(13-19)6-10-17/h5-12,14,21H,3-4H2,1-2H3. The van der Waals surface area contributed by atoms with Crippen molar-refractivity contribution in [2.45, 2.75) is 13.8 Å². The van der Waals surface area contributed by atoms with Crippen molar-refractivity contribution in [3.8, 4) is 6.07 Å². The minimum absolute atomic E-state index is 0.640. The molecule has 2 aromatic carbocycles.